The molecule has 0 aliphatic heterocycles. The fourth-order valence-corrected chi connectivity index (χ4v) is 2.28. The molecule has 130 valence electrons. The van der Waals surface area contributed by atoms with Gasteiger partial charge in [0.25, 0.3) is 0 Å². The molecule has 0 bridgehead atoms. The third kappa shape index (κ3) is 6.63. The minimum Gasteiger partial charge on any atom is -0.493 e. The molecule has 0 unspecified atom stereocenters. The van der Waals surface area contributed by atoms with Gasteiger partial charge < -0.3 is 14.8 Å². The van der Waals surface area contributed by atoms with Gasteiger partial charge in [-0.2, -0.15) is 0 Å². The average molecular weight is 327 g/mol. The second-order valence-corrected chi connectivity index (χ2v) is 6.76. The van der Waals surface area contributed by atoms with E-state index in [0.717, 1.165) is 31.2 Å². The maximum Gasteiger partial charge on any atom is 0.119 e. The van der Waals surface area contributed by atoms with Gasteiger partial charge in [-0.25, -0.2) is 0 Å². The lowest BCUT2D eigenvalue weighted by atomic mass is 10.2. The minimum absolute atomic E-state index is 0.210. The molecule has 24 heavy (non-hydrogen) atoms. The van der Waals surface area contributed by atoms with E-state index in [1.165, 1.54) is 11.1 Å². The van der Waals surface area contributed by atoms with Crippen molar-refractivity contribution in [3.8, 4) is 11.5 Å². The number of hydrogen-bond acceptors (Lipinski definition) is 3. The molecule has 2 rings (SSSR count). The second kappa shape index (κ2) is 9.33. The van der Waals surface area contributed by atoms with Crippen LogP contribution < -0.4 is 14.8 Å². The molecule has 0 spiro atoms. The van der Waals surface area contributed by atoms with E-state index in [4.69, 9.17) is 9.47 Å². The summed E-state index contributed by atoms with van der Waals surface area (Å²) in [5.41, 5.74) is 2.51. The van der Waals surface area contributed by atoms with Crippen molar-refractivity contribution < 1.29 is 9.47 Å². The molecule has 3 nitrogen and oxygen atoms in total. The highest BCUT2D eigenvalue weighted by molar-refractivity contribution is 5.28. The number of ether oxygens (including phenoxy) is 2. The van der Waals surface area contributed by atoms with Crippen LogP contribution in [-0.4, -0.2) is 12.7 Å². The SMILES string of the molecule is CC(C)COc1ccc(CNCc2ccc(OC(C)C)cc2)cc1. The van der Waals surface area contributed by atoms with Crippen LogP contribution in [0.5, 0.6) is 11.5 Å². The highest BCUT2D eigenvalue weighted by Crippen LogP contribution is 2.15. The van der Waals surface area contributed by atoms with Gasteiger partial charge in [-0.15, -0.1) is 0 Å². The van der Waals surface area contributed by atoms with Crippen molar-refractivity contribution in [2.75, 3.05) is 6.61 Å². The predicted octanol–water partition coefficient (Wildman–Crippen LogP) is 4.80. The van der Waals surface area contributed by atoms with Crippen LogP contribution in [0.3, 0.4) is 0 Å². The Morgan fingerprint density at radius 1 is 0.750 bits per heavy atom. The lowest BCUT2D eigenvalue weighted by molar-refractivity contribution is 0.242. The first kappa shape index (κ1) is 18.3. The van der Waals surface area contributed by atoms with E-state index in [1.54, 1.807) is 0 Å². The van der Waals surface area contributed by atoms with Crippen LogP contribution in [-0.2, 0) is 13.1 Å². The van der Waals surface area contributed by atoms with Crippen LogP contribution in [0, 0.1) is 5.92 Å². The van der Waals surface area contributed by atoms with E-state index in [0.29, 0.717) is 5.92 Å². The van der Waals surface area contributed by atoms with Gasteiger partial charge >= 0.3 is 0 Å². The van der Waals surface area contributed by atoms with E-state index in [1.807, 2.05) is 38.1 Å². The highest BCUT2D eigenvalue weighted by Gasteiger charge is 2.00. The molecule has 0 radical (unpaired) electrons. The number of rotatable bonds is 9. The van der Waals surface area contributed by atoms with Crippen LogP contribution in [0.2, 0.25) is 0 Å². The zero-order chi connectivity index (χ0) is 17.4. The second-order valence-electron chi connectivity index (χ2n) is 6.76. The Labute approximate surface area is 146 Å². The molecule has 0 saturated carbocycles. The lowest BCUT2D eigenvalue weighted by Crippen LogP contribution is -2.12. The van der Waals surface area contributed by atoms with Crippen molar-refractivity contribution in [3.63, 3.8) is 0 Å². The number of hydrogen-bond donors (Lipinski definition) is 1. The molecule has 3 heteroatoms. The van der Waals surface area contributed by atoms with Crippen molar-refractivity contribution in [3.05, 3.63) is 59.7 Å². The van der Waals surface area contributed by atoms with Gasteiger partial charge in [0.15, 0.2) is 0 Å². The smallest absolute Gasteiger partial charge is 0.119 e. The molecule has 2 aromatic carbocycles. The fourth-order valence-electron chi connectivity index (χ4n) is 2.28. The summed E-state index contributed by atoms with van der Waals surface area (Å²) in [7, 11) is 0. The summed E-state index contributed by atoms with van der Waals surface area (Å²) in [5, 5.41) is 3.47. The maximum absolute atomic E-state index is 5.70. The zero-order valence-corrected chi connectivity index (χ0v) is 15.2. The highest BCUT2D eigenvalue weighted by atomic mass is 16.5. The summed E-state index contributed by atoms with van der Waals surface area (Å²) < 4.78 is 11.4. The van der Waals surface area contributed by atoms with Crippen molar-refractivity contribution in [2.45, 2.75) is 46.9 Å². The Morgan fingerprint density at radius 3 is 1.71 bits per heavy atom. The van der Waals surface area contributed by atoms with Crippen molar-refractivity contribution in [1.82, 2.24) is 5.32 Å². The average Bonchev–Trinajstić information content (AvgIpc) is 2.55. The fraction of sp³-hybridized carbons (Fsp3) is 0.429. The molecular formula is C21H29NO2. The summed E-state index contributed by atoms with van der Waals surface area (Å²) in [4.78, 5) is 0. The van der Waals surface area contributed by atoms with Gasteiger partial charge in [-0.3, -0.25) is 0 Å². The van der Waals surface area contributed by atoms with Crippen molar-refractivity contribution in [1.29, 1.82) is 0 Å². The Kier molecular flexibility index (Phi) is 7.13. The third-order valence-corrected chi connectivity index (χ3v) is 3.46. The van der Waals surface area contributed by atoms with Crippen molar-refractivity contribution in [2.24, 2.45) is 5.92 Å². The Balaban J connectivity index is 1.75. The van der Waals surface area contributed by atoms with E-state index >= 15 is 0 Å². The molecule has 0 aromatic heterocycles. The summed E-state index contributed by atoms with van der Waals surface area (Å²) >= 11 is 0. The summed E-state index contributed by atoms with van der Waals surface area (Å²) in [6, 6.07) is 16.6. The van der Waals surface area contributed by atoms with Crippen LogP contribution in [0.25, 0.3) is 0 Å². The van der Waals surface area contributed by atoms with E-state index in [9.17, 15) is 0 Å². The molecule has 0 aliphatic carbocycles. The Morgan fingerprint density at radius 2 is 1.25 bits per heavy atom. The minimum atomic E-state index is 0.210. The summed E-state index contributed by atoms with van der Waals surface area (Å²) in [5.74, 6) is 2.41. The lowest BCUT2D eigenvalue weighted by Gasteiger charge is -2.11. The summed E-state index contributed by atoms with van der Waals surface area (Å²) in [6.45, 7) is 10.8. The molecule has 0 fully saturated rings. The van der Waals surface area contributed by atoms with Crippen LogP contribution >= 0.6 is 0 Å². The molecule has 0 saturated heterocycles. The van der Waals surface area contributed by atoms with Gasteiger partial charge in [0.2, 0.25) is 0 Å². The van der Waals surface area contributed by atoms with Gasteiger partial charge in [-0.1, -0.05) is 38.1 Å². The van der Waals surface area contributed by atoms with E-state index in [-0.39, 0.29) is 6.10 Å². The van der Waals surface area contributed by atoms with Crippen LogP contribution in [0.4, 0.5) is 0 Å². The molecule has 0 atom stereocenters. The van der Waals surface area contributed by atoms with Crippen LogP contribution in [0.1, 0.15) is 38.8 Å². The normalized spacial score (nSPS) is 11.1. The Hall–Kier alpha value is -2.00. The number of nitrogens with one attached hydrogen (secondary N) is 1. The largest absolute Gasteiger partial charge is 0.493 e. The molecule has 2 aromatic rings. The quantitative estimate of drug-likeness (QED) is 0.718. The topological polar surface area (TPSA) is 30.5 Å². The maximum atomic E-state index is 5.70. The Bertz CT molecular complexity index is 588. The van der Waals surface area contributed by atoms with Crippen molar-refractivity contribution >= 4 is 0 Å². The molecular weight excluding hydrogens is 298 g/mol. The standard InChI is InChI=1S/C21H29NO2/c1-16(2)15-23-20-9-5-18(6-10-20)13-22-14-19-7-11-21(12-8-19)24-17(3)4/h5-12,16-17,22H,13-15H2,1-4H3. The summed E-state index contributed by atoms with van der Waals surface area (Å²) in [6.07, 6.45) is 0.210. The monoisotopic (exact) mass is 327 g/mol. The first-order valence-corrected chi connectivity index (χ1v) is 8.71. The zero-order valence-electron chi connectivity index (χ0n) is 15.2. The van der Waals surface area contributed by atoms with E-state index in [2.05, 4.69) is 43.4 Å². The number of benzene rings is 2. The third-order valence-electron chi connectivity index (χ3n) is 3.46. The molecule has 0 aliphatic rings. The van der Waals surface area contributed by atoms with Gasteiger partial charge in [-0.05, 0) is 55.2 Å². The first-order chi connectivity index (χ1) is 11.5. The molecule has 0 heterocycles. The predicted molar refractivity (Wildman–Crippen MR) is 99.5 cm³/mol. The van der Waals surface area contributed by atoms with Gasteiger partial charge in [0.05, 0.1) is 12.7 Å². The first-order valence-electron chi connectivity index (χ1n) is 8.71. The molecule has 0 amide bonds. The van der Waals surface area contributed by atoms with Gasteiger partial charge in [0, 0.05) is 13.1 Å². The van der Waals surface area contributed by atoms with Crippen LogP contribution in [0.15, 0.2) is 48.5 Å². The molecule has 1 N–H and O–H groups in total. The van der Waals surface area contributed by atoms with E-state index < -0.39 is 0 Å². The van der Waals surface area contributed by atoms with Gasteiger partial charge in [0.1, 0.15) is 11.5 Å².